The van der Waals surface area contributed by atoms with Crippen molar-refractivity contribution in [3.05, 3.63) is 58.4 Å². The number of carboxylic acid groups (broad SMARTS) is 1. The van der Waals surface area contributed by atoms with Crippen LogP contribution in [0.2, 0.25) is 0 Å². The molecular formula is C20H18N2O6. The van der Waals surface area contributed by atoms with E-state index in [0.29, 0.717) is 16.7 Å². The van der Waals surface area contributed by atoms with Crippen LogP contribution in [0.15, 0.2) is 47.3 Å². The number of carbonyl (C=O) groups excluding carboxylic acids is 1. The van der Waals surface area contributed by atoms with Gasteiger partial charge in [0.15, 0.2) is 0 Å². The normalized spacial score (nSPS) is 10.6. The van der Waals surface area contributed by atoms with Crippen molar-refractivity contribution in [2.24, 2.45) is 7.05 Å². The molecule has 3 rings (SSSR count). The Labute approximate surface area is 159 Å². The van der Waals surface area contributed by atoms with Crippen LogP contribution < -0.4 is 15.6 Å². The Hall–Kier alpha value is -3.81. The van der Waals surface area contributed by atoms with Crippen molar-refractivity contribution in [1.29, 1.82) is 0 Å². The molecule has 0 saturated carbocycles. The molecule has 1 amide bonds. The van der Waals surface area contributed by atoms with Gasteiger partial charge in [0, 0.05) is 18.0 Å². The highest BCUT2D eigenvalue weighted by Gasteiger charge is 2.22. The number of pyridine rings is 1. The maximum atomic E-state index is 12.6. The number of hydrogen-bond acceptors (Lipinski definition) is 5. The van der Waals surface area contributed by atoms with Gasteiger partial charge in [-0.05, 0) is 23.8 Å². The molecule has 2 aromatic carbocycles. The van der Waals surface area contributed by atoms with Gasteiger partial charge in [-0.2, -0.15) is 0 Å². The van der Waals surface area contributed by atoms with E-state index in [9.17, 15) is 19.5 Å². The molecule has 0 fully saturated rings. The van der Waals surface area contributed by atoms with Gasteiger partial charge in [-0.25, -0.2) is 0 Å². The Kier molecular flexibility index (Phi) is 5.04. The Bertz CT molecular complexity index is 1150. The van der Waals surface area contributed by atoms with Crippen molar-refractivity contribution in [3.63, 3.8) is 0 Å². The summed E-state index contributed by atoms with van der Waals surface area (Å²) >= 11 is 0. The quantitative estimate of drug-likeness (QED) is 0.619. The average Bonchev–Trinajstić information content (AvgIpc) is 2.70. The van der Waals surface area contributed by atoms with Crippen LogP contribution in [0.3, 0.4) is 0 Å². The van der Waals surface area contributed by atoms with Crippen molar-refractivity contribution in [1.82, 2.24) is 9.88 Å². The zero-order chi connectivity index (χ0) is 20.4. The fourth-order valence-corrected chi connectivity index (χ4v) is 3.02. The van der Waals surface area contributed by atoms with E-state index in [1.54, 1.807) is 25.3 Å². The molecule has 28 heavy (non-hydrogen) atoms. The first-order valence-corrected chi connectivity index (χ1v) is 8.34. The maximum Gasteiger partial charge on any atom is 0.322 e. The first kappa shape index (κ1) is 19.0. The fourth-order valence-electron chi connectivity index (χ4n) is 3.02. The monoisotopic (exact) mass is 382 g/mol. The number of carbonyl (C=O) groups is 2. The molecule has 8 nitrogen and oxygen atoms in total. The molecule has 1 heterocycles. The van der Waals surface area contributed by atoms with Crippen molar-refractivity contribution < 1.29 is 24.5 Å². The highest BCUT2D eigenvalue weighted by Crippen LogP contribution is 2.34. The van der Waals surface area contributed by atoms with E-state index in [2.05, 4.69) is 5.32 Å². The molecular weight excluding hydrogens is 364 g/mol. The summed E-state index contributed by atoms with van der Waals surface area (Å²) in [4.78, 5) is 35.5. The number of fused-ring (bicyclic) bond motifs is 1. The number of aryl methyl sites for hydroxylation is 1. The zero-order valence-electron chi connectivity index (χ0n) is 15.2. The second-order valence-corrected chi connectivity index (χ2v) is 6.10. The first-order chi connectivity index (χ1) is 13.3. The van der Waals surface area contributed by atoms with Crippen LogP contribution in [0.5, 0.6) is 11.5 Å². The first-order valence-electron chi connectivity index (χ1n) is 8.34. The minimum Gasteiger partial charge on any atom is -0.506 e. The Morgan fingerprint density at radius 3 is 2.57 bits per heavy atom. The number of aromatic nitrogens is 1. The van der Waals surface area contributed by atoms with Crippen molar-refractivity contribution in [2.75, 3.05) is 13.7 Å². The second kappa shape index (κ2) is 7.43. The highest BCUT2D eigenvalue weighted by atomic mass is 16.5. The lowest BCUT2D eigenvalue weighted by Crippen LogP contribution is -2.35. The smallest absolute Gasteiger partial charge is 0.322 e. The molecule has 144 valence electrons. The summed E-state index contributed by atoms with van der Waals surface area (Å²) in [6, 6.07) is 12.4. The molecule has 0 bridgehead atoms. The molecule has 0 aliphatic carbocycles. The number of aromatic hydroxyl groups is 1. The van der Waals surface area contributed by atoms with Gasteiger partial charge in [0.25, 0.3) is 11.5 Å². The molecule has 0 atom stereocenters. The predicted octanol–water partition coefficient (Wildman–Crippen LogP) is 1.73. The molecule has 0 aliphatic heterocycles. The van der Waals surface area contributed by atoms with E-state index in [4.69, 9.17) is 9.84 Å². The van der Waals surface area contributed by atoms with Crippen molar-refractivity contribution >= 4 is 22.8 Å². The van der Waals surface area contributed by atoms with Gasteiger partial charge in [0.2, 0.25) is 0 Å². The SMILES string of the molecule is COc1ccccc1-c1ccc2c(O)c(C(=O)NCC(=O)O)c(=O)n(C)c2c1. The largest absolute Gasteiger partial charge is 0.506 e. The molecule has 0 unspecified atom stereocenters. The number of methoxy groups -OCH3 is 1. The fraction of sp³-hybridized carbons (Fsp3) is 0.150. The number of nitrogens with zero attached hydrogens (tertiary/aromatic N) is 1. The summed E-state index contributed by atoms with van der Waals surface area (Å²) in [6.07, 6.45) is 0. The highest BCUT2D eigenvalue weighted by molar-refractivity contribution is 6.03. The molecule has 1 aromatic heterocycles. The Morgan fingerprint density at radius 2 is 1.89 bits per heavy atom. The number of para-hydroxylation sites is 1. The Morgan fingerprint density at radius 1 is 1.18 bits per heavy atom. The number of amides is 1. The Balaban J connectivity index is 2.18. The van der Waals surface area contributed by atoms with Gasteiger partial charge in [-0.1, -0.05) is 24.3 Å². The van der Waals surface area contributed by atoms with Crippen LogP contribution in [0.25, 0.3) is 22.0 Å². The number of aliphatic carboxylic acids is 1. The van der Waals surface area contributed by atoms with Gasteiger partial charge in [0.1, 0.15) is 23.6 Å². The van der Waals surface area contributed by atoms with Crippen LogP contribution in [-0.2, 0) is 11.8 Å². The maximum absolute atomic E-state index is 12.6. The van der Waals surface area contributed by atoms with E-state index < -0.39 is 35.3 Å². The molecule has 0 spiro atoms. The van der Waals surface area contributed by atoms with E-state index >= 15 is 0 Å². The molecule has 0 radical (unpaired) electrons. The van der Waals surface area contributed by atoms with Crippen molar-refractivity contribution in [2.45, 2.75) is 0 Å². The predicted molar refractivity (Wildman–Crippen MR) is 103 cm³/mol. The van der Waals surface area contributed by atoms with Crippen LogP contribution in [0.1, 0.15) is 10.4 Å². The lowest BCUT2D eigenvalue weighted by molar-refractivity contribution is -0.135. The summed E-state index contributed by atoms with van der Waals surface area (Å²) < 4.78 is 6.61. The van der Waals surface area contributed by atoms with Crippen LogP contribution in [0.4, 0.5) is 0 Å². The molecule has 3 N–H and O–H groups in total. The zero-order valence-corrected chi connectivity index (χ0v) is 15.2. The minimum atomic E-state index is -1.26. The van der Waals surface area contributed by atoms with Gasteiger partial charge in [0.05, 0.1) is 12.6 Å². The summed E-state index contributed by atoms with van der Waals surface area (Å²) in [5.41, 5.74) is 0.761. The molecule has 0 saturated heterocycles. The third kappa shape index (κ3) is 3.27. The van der Waals surface area contributed by atoms with E-state index in [0.717, 1.165) is 11.1 Å². The summed E-state index contributed by atoms with van der Waals surface area (Å²) in [5, 5.41) is 21.6. The molecule has 8 heteroatoms. The van der Waals surface area contributed by atoms with Gasteiger partial charge < -0.3 is 24.8 Å². The number of rotatable bonds is 5. The van der Waals surface area contributed by atoms with E-state index in [-0.39, 0.29) is 0 Å². The number of hydrogen-bond donors (Lipinski definition) is 3. The van der Waals surface area contributed by atoms with E-state index in [1.165, 1.54) is 11.6 Å². The van der Waals surface area contributed by atoms with Gasteiger partial charge >= 0.3 is 5.97 Å². The summed E-state index contributed by atoms with van der Waals surface area (Å²) in [7, 11) is 3.04. The average molecular weight is 382 g/mol. The number of nitrogens with one attached hydrogen (secondary N) is 1. The molecule has 0 aliphatic rings. The van der Waals surface area contributed by atoms with Crippen molar-refractivity contribution in [3.8, 4) is 22.6 Å². The third-order valence-electron chi connectivity index (χ3n) is 4.41. The topological polar surface area (TPSA) is 118 Å². The number of ether oxygens (including phenoxy) is 1. The summed E-state index contributed by atoms with van der Waals surface area (Å²) in [5.74, 6) is -2.04. The lowest BCUT2D eigenvalue weighted by atomic mass is 10.0. The second-order valence-electron chi connectivity index (χ2n) is 6.10. The minimum absolute atomic E-state index is 0.293. The number of carboxylic acids is 1. The molecule has 3 aromatic rings. The third-order valence-corrected chi connectivity index (χ3v) is 4.41. The van der Waals surface area contributed by atoms with Gasteiger partial charge in [-0.15, -0.1) is 0 Å². The lowest BCUT2D eigenvalue weighted by Gasteiger charge is -2.14. The van der Waals surface area contributed by atoms with E-state index in [1.807, 2.05) is 24.3 Å². The van der Waals surface area contributed by atoms with Crippen LogP contribution in [-0.4, -0.2) is 40.3 Å². The van der Waals surface area contributed by atoms with Crippen LogP contribution in [0, 0.1) is 0 Å². The summed E-state index contributed by atoms with van der Waals surface area (Å²) in [6.45, 7) is -0.661. The van der Waals surface area contributed by atoms with Crippen LogP contribution >= 0.6 is 0 Å². The standard InChI is InChI=1S/C20H18N2O6/c1-22-14-9-11(12-5-3-4-6-15(12)28-2)7-8-13(14)18(25)17(20(22)27)19(26)21-10-16(23)24/h3-9,25H,10H2,1-2H3,(H,21,26)(H,23,24). The number of benzene rings is 2. The van der Waals surface area contributed by atoms with Gasteiger partial charge in [-0.3, -0.25) is 14.4 Å².